The van der Waals surface area contributed by atoms with Crippen LogP contribution in [0, 0.1) is 5.82 Å². The van der Waals surface area contributed by atoms with E-state index < -0.39 is 0 Å². The maximum atomic E-state index is 14.4. The van der Waals surface area contributed by atoms with Crippen LogP contribution in [0.15, 0.2) is 40.9 Å². The largest absolute Gasteiger partial charge is 0.474 e. The minimum atomic E-state index is -0.357. The molecule has 120 valence electrons. The smallest absolute Gasteiger partial charge is 0.248 e. The third kappa shape index (κ3) is 2.84. The van der Waals surface area contributed by atoms with E-state index in [1.54, 1.807) is 23.5 Å². The molecule has 2 aliphatic rings. The molecule has 1 aromatic carbocycles. The lowest BCUT2D eigenvalue weighted by Crippen LogP contribution is -2.40. The van der Waals surface area contributed by atoms with Gasteiger partial charge in [-0.3, -0.25) is 4.90 Å². The van der Waals surface area contributed by atoms with Crippen molar-refractivity contribution < 1.29 is 14.0 Å². The Kier molecular flexibility index (Phi) is 4.01. The van der Waals surface area contributed by atoms with Crippen molar-refractivity contribution in [3.8, 4) is 0 Å². The minimum Gasteiger partial charge on any atom is -0.474 e. The highest BCUT2D eigenvalue weighted by atomic mass is 32.1. The molecule has 1 aromatic heterocycles. The number of fused-ring (bicyclic) bond motifs is 1. The predicted molar refractivity (Wildman–Crippen MR) is 86.9 cm³/mol. The van der Waals surface area contributed by atoms with Gasteiger partial charge in [0, 0.05) is 23.5 Å². The molecule has 0 amide bonds. The fourth-order valence-electron chi connectivity index (χ4n) is 3.12. The Bertz CT molecular complexity index is 731. The van der Waals surface area contributed by atoms with Gasteiger partial charge in [-0.1, -0.05) is 18.2 Å². The Morgan fingerprint density at radius 3 is 2.96 bits per heavy atom. The molecular weight excluding hydrogens is 315 g/mol. The summed E-state index contributed by atoms with van der Waals surface area (Å²) in [6.07, 6.45) is 0.964. The van der Waals surface area contributed by atoms with Crippen LogP contribution in [0.3, 0.4) is 0 Å². The standard InChI is InChI=1S/C17H17FN2O2S/c18-14-4-2-1-3-13(14)16(17-19-22-9-8-21-17)20-7-5-15-12(11-20)6-10-23-15/h1-4,6,10,16H,5,7-9,11H2. The highest BCUT2D eigenvalue weighted by molar-refractivity contribution is 7.10. The fraction of sp³-hybridized carbons (Fsp3) is 0.353. The highest BCUT2D eigenvalue weighted by Crippen LogP contribution is 2.33. The van der Waals surface area contributed by atoms with Crippen molar-refractivity contribution in [1.82, 2.24) is 4.90 Å². The summed E-state index contributed by atoms with van der Waals surface area (Å²) in [6, 6.07) is 8.60. The van der Waals surface area contributed by atoms with Crippen molar-refractivity contribution in [1.29, 1.82) is 0 Å². The molecule has 1 atom stereocenters. The first kappa shape index (κ1) is 14.7. The summed E-state index contributed by atoms with van der Waals surface area (Å²) < 4.78 is 20.1. The van der Waals surface area contributed by atoms with E-state index in [1.807, 2.05) is 6.07 Å². The Balaban J connectivity index is 1.71. The zero-order valence-corrected chi connectivity index (χ0v) is 13.4. The van der Waals surface area contributed by atoms with Crippen molar-refractivity contribution >= 4 is 17.2 Å². The molecule has 0 aliphatic carbocycles. The number of benzene rings is 1. The van der Waals surface area contributed by atoms with Crippen molar-refractivity contribution in [2.75, 3.05) is 19.8 Å². The van der Waals surface area contributed by atoms with Gasteiger partial charge in [-0.15, -0.1) is 11.3 Å². The summed E-state index contributed by atoms with van der Waals surface area (Å²) in [6.45, 7) is 2.48. The Morgan fingerprint density at radius 2 is 2.13 bits per heavy atom. The number of hydrogen-bond donors (Lipinski definition) is 0. The molecule has 0 saturated heterocycles. The number of oxime groups is 1. The van der Waals surface area contributed by atoms with Crippen LogP contribution >= 0.6 is 11.3 Å². The highest BCUT2D eigenvalue weighted by Gasteiger charge is 2.33. The molecule has 23 heavy (non-hydrogen) atoms. The summed E-state index contributed by atoms with van der Waals surface area (Å²) in [5, 5.41) is 6.17. The Hall–Kier alpha value is -1.92. The number of rotatable bonds is 3. The Morgan fingerprint density at radius 1 is 1.22 bits per heavy atom. The van der Waals surface area contributed by atoms with E-state index in [-0.39, 0.29) is 11.9 Å². The van der Waals surface area contributed by atoms with E-state index in [9.17, 15) is 4.39 Å². The second kappa shape index (κ2) is 6.29. The van der Waals surface area contributed by atoms with E-state index in [0.717, 1.165) is 19.5 Å². The molecule has 0 spiro atoms. The van der Waals surface area contributed by atoms with Gasteiger partial charge in [0.2, 0.25) is 5.90 Å². The van der Waals surface area contributed by atoms with Gasteiger partial charge in [0.25, 0.3) is 0 Å². The lowest BCUT2D eigenvalue weighted by molar-refractivity contribution is 0.0493. The Labute approximate surface area is 138 Å². The first-order valence-electron chi connectivity index (χ1n) is 7.69. The minimum absolute atomic E-state index is 0.245. The van der Waals surface area contributed by atoms with Crippen LogP contribution in [-0.4, -0.2) is 30.6 Å². The lowest BCUT2D eigenvalue weighted by Gasteiger charge is -2.35. The van der Waals surface area contributed by atoms with E-state index in [2.05, 4.69) is 21.5 Å². The van der Waals surface area contributed by atoms with Crippen LogP contribution in [0.25, 0.3) is 0 Å². The van der Waals surface area contributed by atoms with E-state index in [4.69, 9.17) is 9.57 Å². The van der Waals surface area contributed by atoms with Gasteiger partial charge >= 0.3 is 0 Å². The summed E-state index contributed by atoms with van der Waals surface area (Å²) in [7, 11) is 0. The summed E-state index contributed by atoms with van der Waals surface area (Å²) >= 11 is 1.79. The molecule has 1 unspecified atom stereocenters. The third-order valence-corrected chi connectivity index (χ3v) is 5.24. The average Bonchev–Trinajstić information content (AvgIpc) is 3.06. The average molecular weight is 332 g/mol. The maximum absolute atomic E-state index is 14.4. The van der Waals surface area contributed by atoms with Gasteiger partial charge in [-0.2, -0.15) is 0 Å². The predicted octanol–water partition coefficient (Wildman–Crippen LogP) is 3.35. The van der Waals surface area contributed by atoms with Crippen LogP contribution in [0.5, 0.6) is 0 Å². The summed E-state index contributed by atoms with van der Waals surface area (Å²) in [5.41, 5.74) is 1.88. The van der Waals surface area contributed by atoms with Crippen LogP contribution in [0.4, 0.5) is 4.39 Å². The van der Waals surface area contributed by atoms with Gasteiger partial charge in [0.1, 0.15) is 18.5 Å². The maximum Gasteiger partial charge on any atom is 0.248 e. The van der Waals surface area contributed by atoms with Crippen molar-refractivity contribution in [2.24, 2.45) is 5.16 Å². The lowest BCUT2D eigenvalue weighted by atomic mass is 10.0. The molecule has 0 bridgehead atoms. The van der Waals surface area contributed by atoms with Crippen LogP contribution < -0.4 is 0 Å². The molecule has 0 N–H and O–H groups in total. The number of nitrogens with zero attached hydrogens (tertiary/aromatic N) is 2. The second-order valence-electron chi connectivity index (χ2n) is 5.62. The van der Waals surface area contributed by atoms with Crippen LogP contribution in [0.2, 0.25) is 0 Å². The normalized spacial score (nSPS) is 19.3. The first-order chi connectivity index (χ1) is 11.3. The van der Waals surface area contributed by atoms with Gasteiger partial charge in [-0.25, -0.2) is 4.39 Å². The molecule has 4 rings (SSSR count). The number of hydrogen-bond acceptors (Lipinski definition) is 5. The third-order valence-electron chi connectivity index (χ3n) is 4.22. The monoisotopic (exact) mass is 332 g/mol. The molecule has 0 saturated carbocycles. The van der Waals surface area contributed by atoms with E-state index in [1.165, 1.54) is 16.5 Å². The quantitative estimate of drug-likeness (QED) is 0.864. The first-order valence-corrected chi connectivity index (χ1v) is 8.57. The van der Waals surface area contributed by atoms with Crippen molar-refractivity contribution in [2.45, 2.75) is 19.0 Å². The number of halogens is 1. The van der Waals surface area contributed by atoms with Crippen LogP contribution in [-0.2, 0) is 22.5 Å². The van der Waals surface area contributed by atoms with Crippen molar-refractivity contribution in [3.05, 3.63) is 57.5 Å². The molecule has 2 aliphatic heterocycles. The van der Waals surface area contributed by atoms with Crippen molar-refractivity contribution in [3.63, 3.8) is 0 Å². The number of ether oxygens (including phenoxy) is 1. The van der Waals surface area contributed by atoms with E-state index >= 15 is 0 Å². The molecule has 4 nitrogen and oxygen atoms in total. The molecule has 3 heterocycles. The molecule has 0 radical (unpaired) electrons. The van der Waals surface area contributed by atoms with Gasteiger partial charge in [0.15, 0.2) is 6.61 Å². The summed E-state index contributed by atoms with van der Waals surface area (Å²) in [4.78, 5) is 8.81. The van der Waals surface area contributed by atoms with Gasteiger partial charge < -0.3 is 9.57 Å². The van der Waals surface area contributed by atoms with Crippen LogP contribution in [0.1, 0.15) is 22.0 Å². The number of thiophene rings is 1. The second-order valence-corrected chi connectivity index (χ2v) is 6.63. The van der Waals surface area contributed by atoms with Gasteiger partial charge in [-0.05, 0) is 34.7 Å². The molecule has 2 aromatic rings. The topological polar surface area (TPSA) is 34.1 Å². The zero-order valence-electron chi connectivity index (χ0n) is 12.6. The molecule has 6 heteroatoms. The fourth-order valence-corrected chi connectivity index (χ4v) is 4.01. The van der Waals surface area contributed by atoms with Gasteiger partial charge in [0.05, 0.1) is 0 Å². The summed E-state index contributed by atoms with van der Waals surface area (Å²) in [5.74, 6) is 0.200. The van der Waals surface area contributed by atoms with E-state index in [0.29, 0.717) is 24.7 Å². The molecule has 0 fully saturated rings. The molecular formula is C17H17FN2O2S. The zero-order chi connectivity index (χ0) is 15.6. The SMILES string of the molecule is Fc1ccccc1C(C1=NOCCO1)N1CCc2sccc2C1.